The van der Waals surface area contributed by atoms with Crippen LogP contribution in [0.25, 0.3) is 0 Å². The molecule has 0 unspecified atom stereocenters. The molecule has 4 nitrogen and oxygen atoms in total. The molecule has 0 atom stereocenters. The van der Waals surface area contributed by atoms with Crippen LogP contribution in [-0.4, -0.2) is 15.0 Å². The Kier molecular flexibility index (Phi) is 5.18. The zero-order valence-corrected chi connectivity index (χ0v) is 6.43. The molecule has 0 amide bonds. The Hall–Kier alpha value is 1.02. The van der Waals surface area contributed by atoms with Gasteiger partial charge in [-0.3, -0.25) is 0 Å². The fourth-order valence-corrected chi connectivity index (χ4v) is 0. The Morgan fingerprint density at radius 2 is 0.833 bits per heavy atom. The molecule has 4 N–H and O–H groups in total. The molecule has 0 aromatic heterocycles. The van der Waals surface area contributed by atoms with Crippen LogP contribution in [0.15, 0.2) is 0 Å². The van der Waals surface area contributed by atoms with Gasteiger partial charge in [0.05, 0.1) is 0 Å². The van der Waals surface area contributed by atoms with Gasteiger partial charge in [-0.25, -0.2) is 0 Å². The topological polar surface area (TPSA) is 80.9 Å². The molecule has 44 valence electrons. The quantitative estimate of drug-likeness (QED) is 0.382. The summed E-state index contributed by atoms with van der Waals surface area (Å²) in [7, 11) is 0. The molecular formula is H4NiO4W. The normalized spacial score (nSPS) is 12.7. The van der Waals surface area contributed by atoms with Gasteiger partial charge in [0.15, 0.2) is 0 Å². The second kappa shape index (κ2) is 3.08. The van der Waals surface area contributed by atoms with Crippen molar-refractivity contribution in [2.24, 2.45) is 0 Å². The van der Waals surface area contributed by atoms with Gasteiger partial charge in [0.1, 0.15) is 0 Å². The first-order chi connectivity index (χ1) is 2.00. The SMILES string of the molecule is [Ni].[OH][W]([OH])([OH])[OH]. The second-order valence-corrected chi connectivity index (χ2v) is 4.01. The van der Waals surface area contributed by atoms with E-state index in [-0.39, 0.29) is 16.5 Å². The van der Waals surface area contributed by atoms with E-state index in [4.69, 9.17) is 15.0 Å². The Balaban J connectivity index is 0. The third-order valence-corrected chi connectivity index (χ3v) is 0. The minimum atomic E-state index is -5.17. The van der Waals surface area contributed by atoms with Crippen molar-refractivity contribution in [1.82, 2.24) is 0 Å². The van der Waals surface area contributed by atoms with E-state index < -0.39 is 17.6 Å². The van der Waals surface area contributed by atoms with Crippen LogP contribution < -0.4 is 0 Å². The van der Waals surface area contributed by atoms with Crippen molar-refractivity contribution in [2.45, 2.75) is 0 Å². The molecule has 0 saturated carbocycles. The van der Waals surface area contributed by atoms with E-state index in [0.717, 1.165) is 0 Å². The average Bonchev–Trinajstić information content (AvgIpc) is 0.722. The first-order valence-corrected chi connectivity index (χ1v) is 5.98. The van der Waals surface area contributed by atoms with E-state index in [1.807, 2.05) is 0 Å². The van der Waals surface area contributed by atoms with Crippen molar-refractivity contribution in [2.75, 3.05) is 0 Å². The molecule has 0 rings (SSSR count). The fraction of sp³-hybridized carbons (Fsp3) is 0. The fourth-order valence-electron chi connectivity index (χ4n) is 0. The molecule has 0 saturated heterocycles. The van der Waals surface area contributed by atoms with E-state index in [9.17, 15) is 0 Å². The first kappa shape index (κ1) is 10.1. The summed E-state index contributed by atoms with van der Waals surface area (Å²) in [6, 6.07) is 0. The average molecular weight is 311 g/mol. The predicted molar refractivity (Wildman–Crippen MR) is 8.88 cm³/mol. The van der Waals surface area contributed by atoms with E-state index in [2.05, 4.69) is 0 Å². The van der Waals surface area contributed by atoms with Crippen molar-refractivity contribution in [3.8, 4) is 0 Å². The van der Waals surface area contributed by atoms with E-state index in [0.29, 0.717) is 0 Å². The molecule has 0 fully saturated rings. The number of hydrogen-bond donors (Lipinski definition) is 4. The molecule has 0 aliphatic rings. The Labute approximate surface area is 49.4 Å². The van der Waals surface area contributed by atoms with Gasteiger partial charge in [-0.1, -0.05) is 0 Å². The molecule has 0 aliphatic heterocycles. The van der Waals surface area contributed by atoms with Crippen LogP contribution >= 0.6 is 0 Å². The van der Waals surface area contributed by atoms with Crippen molar-refractivity contribution >= 4 is 0 Å². The molecule has 0 heterocycles. The molecule has 0 aromatic carbocycles. The summed E-state index contributed by atoms with van der Waals surface area (Å²) in [6.45, 7) is 0. The molecule has 6 heavy (non-hydrogen) atoms. The monoisotopic (exact) mass is 310 g/mol. The Morgan fingerprint density at radius 3 is 0.833 bits per heavy atom. The zero-order chi connectivity index (χ0) is 4.50. The van der Waals surface area contributed by atoms with Gasteiger partial charge >= 0.3 is 32.6 Å². The number of hydrogen-bond acceptors (Lipinski definition) is 4. The minimum absolute atomic E-state index is 0. The summed E-state index contributed by atoms with van der Waals surface area (Å²) in [4.78, 5) is 0. The molecule has 0 aromatic rings. The van der Waals surface area contributed by atoms with Gasteiger partial charge < -0.3 is 0 Å². The van der Waals surface area contributed by atoms with Crippen LogP contribution in [-0.2, 0) is 34.1 Å². The molecule has 6 heteroatoms. The van der Waals surface area contributed by atoms with Crippen molar-refractivity contribution in [3.05, 3.63) is 0 Å². The van der Waals surface area contributed by atoms with Gasteiger partial charge in [0.2, 0.25) is 0 Å². The second-order valence-electron chi connectivity index (χ2n) is 0.490. The van der Waals surface area contributed by atoms with E-state index in [1.54, 1.807) is 0 Å². The van der Waals surface area contributed by atoms with E-state index >= 15 is 0 Å². The molecule has 0 radical (unpaired) electrons. The third-order valence-electron chi connectivity index (χ3n) is 0. The predicted octanol–water partition coefficient (Wildman–Crippen LogP) is -2.23. The summed E-state index contributed by atoms with van der Waals surface area (Å²) in [5.41, 5.74) is 0. The van der Waals surface area contributed by atoms with Crippen molar-refractivity contribution < 1.29 is 49.1 Å². The summed E-state index contributed by atoms with van der Waals surface area (Å²) in [5.74, 6) is 0. The van der Waals surface area contributed by atoms with Crippen molar-refractivity contribution in [1.29, 1.82) is 0 Å². The standard InChI is InChI=1S/Ni.4H2O.W/h;4*1H2;/q;;;;;+4/p-4. The summed E-state index contributed by atoms with van der Waals surface area (Å²) in [5, 5.41) is 0. The number of rotatable bonds is 0. The van der Waals surface area contributed by atoms with Crippen LogP contribution in [0.4, 0.5) is 0 Å². The zero-order valence-electron chi connectivity index (χ0n) is 2.51. The van der Waals surface area contributed by atoms with Gasteiger partial charge in [-0.15, -0.1) is 0 Å². The van der Waals surface area contributed by atoms with Gasteiger partial charge in [-0.2, -0.15) is 0 Å². The van der Waals surface area contributed by atoms with E-state index in [1.165, 1.54) is 0 Å². The summed E-state index contributed by atoms with van der Waals surface area (Å²) >= 11 is -5.17. The van der Waals surface area contributed by atoms with Crippen LogP contribution in [0.1, 0.15) is 0 Å². The summed E-state index contributed by atoms with van der Waals surface area (Å²) in [6.07, 6.45) is 0. The first-order valence-electron chi connectivity index (χ1n) is 0.730. The maximum absolute atomic E-state index is 7.40. The van der Waals surface area contributed by atoms with Gasteiger partial charge in [-0.05, 0) is 0 Å². The van der Waals surface area contributed by atoms with Crippen LogP contribution in [0, 0.1) is 0 Å². The van der Waals surface area contributed by atoms with Gasteiger partial charge in [0.25, 0.3) is 0 Å². The third kappa shape index (κ3) is 77.8. The molecule has 0 aliphatic carbocycles. The Bertz CT molecular complexity index is 23.0. The van der Waals surface area contributed by atoms with Crippen LogP contribution in [0.2, 0.25) is 0 Å². The van der Waals surface area contributed by atoms with Gasteiger partial charge in [0, 0.05) is 16.5 Å². The molecular weight excluding hydrogens is 307 g/mol. The molecule has 0 spiro atoms. The van der Waals surface area contributed by atoms with Crippen molar-refractivity contribution in [3.63, 3.8) is 0 Å². The maximum atomic E-state index is 7.40. The van der Waals surface area contributed by atoms with Crippen LogP contribution in [0.5, 0.6) is 0 Å². The Morgan fingerprint density at radius 1 is 0.833 bits per heavy atom. The van der Waals surface area contributed by atoms with Crippen LogP contribution in [0.3, 0.4) is 0 Å². The summed E-state index contributed by atoms with van der Waals surface area (Å²) < 4.78 is 29.6. The molecule has 0 bridgehead atoms.